The SMILES string of the molecule is CO[C@@H]1/C(C)=C/[C@@H](C)C(=O)C[C@@H]([C@H](C)C[C@@H]2CC[C@@H](OCCCN3C[C@@H](C)O[C@@H](C)C3)[C@H](OC)C2)OC(=O)[C@@H]2CCCCN2C(=O)C(=O)[C@]2(O)O[C@@H](CC[C@H]2C)CC(OCCOC2COC2)/C(C)=C/C=C/C=C/[C@@H](C)C[C@@H](C)C(=O)[C@@H]1OC. The number of cyclic esters (lactones) is 1. The number of methoxy groups -OCH3 is 3. The number of esters is 1. The van der Waals surface area contributed by atoms with Gasteiger partial charge in [0.25, 0.3) is 11.7 Å². The molecular formula is C65H104N2O16. The third-order valence-corrected chi connectivity index (χ3v) is 18.2. The van der Waals surface area contributed by atoms with Crippen LogP contribution in [0.5, 0.6) is 0 Å². The van der Waals surface area contributed by atoms with E-state index in [1.807, 2.05) is 58.1 Å². The van der Waals surface area contributed by atoms with Crippen molar-refractivity contribution in [2.45, 2.75) is 219 Å². The number of rotatable bonds is 16. The monoisotopic (exact) mass is 1170 g/mol. The van der Waals surface area contributed by atoms with Gasteiger partial charge in [-0.25, -0.2) is 4.79 Å². The van der Waals surface area contributed by atoms with Crippen molar-refractivity contribution in [2.24, 2.45) is 35.5 Å². The van der Waals surface area contributed by atoms with Gasteiger partial charge < -0.3 is 57.4 Å². The summed E-state index contributed by atoms with van der Waals surface area (Å²) < 4.78 is 60.7. The predicted molar refractivity (Wildman–Crippen MR) is 314 cm³/mol. The Bertz CT molecular complexity index is 2200. The van der Waals surface area contributed by atoms with Crippen LogP contribution in [0.1, 0.15) is 146 Å². The first-order valence-corrected chi connectivity index (χ1v) is 31.3. The number of carbonyl (C=O) groups excluding carboxylic acids is 5. The molecule has 5 heterocycles. The first-order chi connectivity index (χ1) is 39.6. The second-order valence-corrected chi connectivity index (χ2v) is 25.2. The van der Waals surface area contributed by atoms with Crippen molar-refractivity contribution in [3.63, 3.8) is 0 Å². The van der Waals surface area contributed by atoms with Crippen LogP contribution in [0.3, 0.4) is 0 Å². The summed E-state index contributed by atoms with van der Waals surface area (Å²) in [5.74, 6) is -7.50. The molecule has 1 saturated carbocycles. The van der Waals surface area contributed by atoms with Crippen molar-refractivity contribution in [2.75, 3.05) is 80.5 Å². The van der Waals surface area contributed by atoms with Crippen molar-refractivity contribution in [1.29, 1.82) is 0 Å². The van der Waals surface area contributed by atoms with Crippen LogP contribution in [0, 0.1) is 35.5 Å². The average Bonchev–Trinajstić information content (AvgIpc) is 3.19. The topological polar surface area (TPSA) is 204 Å². The zero-order valence-corrected chi connectivity index (χ0v) is 52.3. The lowest BCUT2D eigenvalue weighted by atomic mass is 9.78. The van der Waals surface area contributed by atoms with Gasteiger partial charge in [-0.2, -0.15) is 0 Å². The molecule has 4 saturated heterocycles. The molecule has 0 aromatic heterocycles. The number of nitrogens with zero attached hydrogens (tertiary/aromatic N) is 2. The minimum absolute atomic E-state index is 0.0227. The van der Waals surface area contributed by atoms with Gasteiger partial charge in [0, 0.05) is 84.7 Å². The van der Waals surface area contributed by atoms with Gasteiger partial charge in [-0.15, -0.1) is 0 Å². The van der Waals surface area contributed by atoms with Crippen LogP contribution < -0.4 is 0 Å². The normalized spacial score (nSPS) is 38.4. The molecule has 1 N–H and O–H groups in total. The van der Waals surface area contributed by atoms with Crippen LogP contribution >= 0.6 is 0 Å². The third-order valence-electron chi connectivity index (χ3n) is 18.2. The number of amides is 1. The summed E-state index contributed by atoms with van der Waals surface area (Å²) in [7, 11) is 4.74. The van der Waals surface area contributed by atoms with E-state index in [0.717, 1.165) is 50.9 Å². The van der Waals surface area contributed by atoms with E-state index in [0.29, 0.717) is 70.5 Å². The van der Waals surface area contributed by atoms with Gasteiger partial charge in [-0.3, -0.25) is 24.1 Å². The number of Topliss-reactive ketones (excluding diaryl/α,β-unsaturated/α-hetero) is 3. The van der Waals surface area contributed by atoms with E-state index in [2.05, 4.69) is 25.7 Å². The fourth-order valence-electron chi connectivity index (χ4n) is 13.2. The van der Waals surface area contributed by atoms with Gasteiger partial charge in [-0.1, -0.05) is 71.1 Å². The minimum Gasteiger partial charge on any atom is -0.460 e. The molecule has 470 valence electrons. The third kappa shape index (κ3) is 19.7. The van der Waals surface area contributed by atoms with Crippen molar-refractivity contribution in [3.8, 4) is 0 Å². The average molecular weight is 1170 g/mol. The minimum atomic E-state index is -2.46. The first kappa shape index (κ1) is 68.6. The van der Waals surface area contributed by atoms with Crippen molar-refractivity contribution in [3.05, 3.63) is 47.6 Å². The van der Waals surface area contributed by atoms with Gasteiger partial charge in [0.15, 0.2) is 5.78 Å². The molecule has 18 nitrogen and oxygen atoms in total. The maximum absolute atomic E-state index is 14.8. The Morgan fingerprint density at radius 2 is 1.48 bits per heavy atom. The number of ketones is 3. The zero-order valence-electron chi connectivity index (χ0n) is 52.3. The van der Waals surface area contributed by atoms with E-state index in [9.17, 15) is 29.1 Å². The van der Waals surface area contributed by atoms with Crippen LogP contribution in [0.2, 0.25) is 0 Å². The van der Waals surface area contributed by atoms with Crippen LogP contribution in [-0.2, 0) is 71.3 Å². The predicted octanol–water partition coefficient (Wildman–Crippen LogP) is 8.14. The second-order valence-electron chi connectivity index (χ2n) is 25.2. The summed E-state index contributed by atoms with van der Waals surface area (Å²) in [6.45, 7) is 22.6. The Labute approximate surface area is 496 Å². The molecule has 5 aliphatic heterocycles. The van der Waals surface area contributed by atoms with E-state index in [-0.39, 0.29) is 98.2 Å². The molecule has 17 atom stereocenters. The number of aliphatic hydroxyl groups is 1. The lowest BCUT2D eigenvalue weighted by Crippen LogP contribution is -2.61. The maximum Gasteiger partial charge on any atom is 0.329 e. The van der Waals surface area contributed by atoms with E-state index in [1.54, 1.807) is 27.0 Å². The van der Waals surface area contributed by atoms with E-state index >= 15 is 0 Å². The summed E-state index contributed by atoms with van der Waals surface area (Å²) >= 11 is 0. The maximum atomic E-state index is 14.8. The molecule has 0 aromatic rings. The molecule has 1 aliphatic carbocycles. The van der Waals surface area contributed by atoms with E-state index < -0.39 is 71.8 Å². The summed E-state index contributed by atoms with van der Waals surface area (Å²) in [5.41, 5.74) is 1.52. The van der Waals surface area contributed by atoms with Gasteiger partial charge in [0.1, 0.15) is 36.2 Å². The molecule has 18 heteroatoms. The lowest BCUT2D eigenvalue weighted by molar-refractivity contribution is -0.266. The molecule has 6 aliphatic rings. The Balaban J connectivity index is 1.25. The Morgan fingerprint density at radius 3 is 2.17 bits per heavy atom. The number of allylic oxidation sites excluding steroid dienone is 6. The van der Waals surface area contributed by atoms with E-state index in [4.69, 9.17) is 47.4 Å². The van der Waals surface area contributed by atoms with Crippen molar-refractivity contribution < 1.29 is 76.4 Å². The quantitative estimate of drug-likeness (QED) is 0.0670. The molecular weight excluding hydrogens is 1060 g/mol. The number of fused-ring (bicyclic) bond motifs is 3. The van der Waals surface area contributed by atoms with Gasteiger partial charge in [-0.05, 0) is 127 Å². The Morgan fingerprint density at radius 1 is 0.759 bits per heavy atom. The number of carbonyl (C=O) groups is 5. The Hall–Kier alpha value is -3.53. The molecule has 0 aromatic carbocycles. The molecule has 5 fully saturated rings. The zero-order chi connectivity index (χ0) is 60.4. The highest BCUT2D eigenvalue weighted by Gasteiger charge is 2.53. The second kappa shape index (κ2) is 33.6. The smallest absolute Gasteiger partial charge is 0.329 e. The number of morpholine rings is 1. The van der Waals surface area contributed by atoms with Gasteiger partial charge in [0.2, 0.25) is 5.79 Å². The number of ether oxygens (including phenoxy) is 10. The molecule has 83 heavy (non-hydrogen) atoms. The number of hydrogen-bond acceptors (Lipinski definition) is 17. The molecule has 0 radical (unpaired) electrons. The van der Waals surface area contributed by atoms with Crippen LogP contribution in [0.15, 0.2) is 47.6 Å². The Kier molecular flexibility index (Phi) is 27.7. The molecule has 1 unspecified atom stereocenters. The fraction of sp³-hybridized carbons (Fsp3) is 0.800. The van der Waals surface area contributed by atoms with Gasteiger partial charge in [0.05, 0.1) is 63.1 Å². The largest absolute Gasteiger partial charge is 0.460 e. The molecule has 0 spiro atoms. The molecule has 1 amide bonds. The standard InChI is InChI=1S/C65H104N2O16/c1-41-19-14-13-15-20-42(2)56(80-30-29-78-52-39-77-40-52)35-51-24-22-47(7)65(73,83-51)62(70)63(71)67-27-17-16-21-53(67)64(72)82-57(36-54(68)43(3)32-46(6)60(75-11)61(76-12)59(69)45(5)31-41)44(4)33-50-23-25-55(58(34-50)74-10)79-28-18-26-66-37-48(8)81-49(9)38-66/h13-15,19-20,32,41,43-45,47-53,55-58,60-61,73H,16-18,21-31,33-40H2,1-12H3/b15-13+,19-14+,42-20+,46-32+/t41-,43-,44-,45-,47-,48-,49+,50+,51+,53+,55-,56?,57+,58-,60-,61+,65-/m1/s1. The highest BCUT2D eigenvalue weighted by atomic mass is 16.6. The van der Waals surface area contributed by atoms with Crippen molar-refractivity contribution >= 4 is 29.2 Å². The fourth-order valence-corrected chi connectivity index (χ4v) is 13.2. The molecule has 6 rings (SSSR count). The van der Waals surface area contributed by atoms with Crippen LogP contribution in [0.25, 0.3) is 0 Å². The highest BCUT2D eigenvalue weighted by molar-refractivity contribution is 6.39. The first-order valence-electron chi connectivity index (χ1n) is 31.3. The lowest BCUT2D eigenvalue weighted by Gasteiger charge is -2.43. The van der Waals surface area contributed by atoms with Gasteiger partial charge >= 0.3 is 5.97 Å². The van der Waals surface area contributed by atoms with Crippen LogP contribution in [-0.4, -0.2) is 198 Å². The van der Waals surface area contributed by atoms with Crippen molar-refractivity contribution in [1.82, 2.24) is 9.80 Å². The van der Waals surface area contributed by atoms with Crippen LogP contribution in [0.4, 0.5) is 0 Å². The summed E-state index contributed by atoms with van der Waals surface area (Å²) in [6, 6.07) is -1.14. The molecule has 2 bridgehead atoms. The summed E-state index contributed by atoms with van der Waals surface area (Å²) in [4.78, 5) is 76.4. The number of hydrogen-bond donors (Lipinski definition) is 1. The van der Waals surface area contributed by atoms with E-state index in [1.165, 1.54) is 19.1 Å². The summed E-state index contributed by atoms with van der Waals surface area (Å²) in [6.07, 6.45) is 14.9. The highest BCUT2D eigenvalue weighted by Crippen LogP contribution is 2.38. The number of piperidine rings is 1. The summed E-state index contributed by atoms with van der Waals surface area (Å²) in [5, 5.41) is 12.3.